The summed E-state index contributed by atoms with van der Waals surface area (Å²) >= 11 is 0. The van der Waals surface area contributed by atoms with Gasteiger partial charge in [-0.1, -0.05) is 42.0 Å². The van der Waals surface area contributed by atoms with Gasteiger partial charge < -0.3 is 5.11 Å². The van der Waals surface area contributed by atoms with Crippen molar-refractivity contribution in [2.75, 3.05) is 11.9 Å². The van der Waals surface area contributed by atoms with E-state index in [9.17, 15) is 28.7 Å². The summed E-state index contributed by atoms with van der Waals surface area (Å²) in [6, 6.07) is 12.8. The second kappa shape index (κ2) is 7.59. The number of carbonyl (C=O) groups excluding carboxylic acids is 4. The van der Waals surface area contributed by atoms with Gasteiger partial charge in [-0.15, -0.1) is 0 Å². The van der Waals surface area contributed by atoms with Gasteiger partial charge in [0.15, 0.2) is 11.6 Å². The predicted molar refractivity (Wildman–Crippen MR) is 127 cm³/mol. The molecular weight excluding hydrogens is 463 g/mol. The molecule has 1 N–H and O–H groups in total. The number of rotatable bonds is 2. The van der Waals surface area contributed by atoms with E-state index in [1.165, 1.54) is 18.0 Å². The Morgan fingerprint density at radius 1 is 0.944 bits per heavy atom. The maximum atomic E-state index is 14.6. The van der Waals surface area contributed by atoms with Crippen molar-refractivity contribution in [3.8, 4) is 5.75 Å². The largest absolute Gasteiger partial charge is 0.505 e. The Kier molecular flexibility index (Phi) is 4.78. The minimum Gasteiger partial charge on any atom is -0.505 e. The normalized spacial score (nSPS) is 33.4. The van der Waals surface area contributed by atoms with Crippen molar-refractivity contribution in [2.45, 2.75) is 25.7 Å². The summed E-state index contributed by atoms with van der Waals surface area (Å²) in [5.41, 5.74) is 0.0406. The smallest absolute Gasteiger partial charge is 0.241 e. The van der Waals surface area contributed by atoms with Crippen LogP contribution in [0.2, 0.25) is 0 Å². The molecule has 2 aliphatic heterocycles. The van der Waals surface area contributed by atoms with Crippen LogP contribution < -0.4 is 4.90 Å². The molecule has 2 aromatic carbocycles. The molecule has 2 aliphatic carbocycles. The summed E-state index contributed by atoms with van der Waals surface area (Å²) in [5.74, 6) is -6.08. The number of benzene rings is 2. The molecule has 8 heteroatoms. The first kappa shape index (κ1) is 22.6. The second-order valence-electron chi connectivity index (χ2n) is 10.4. The Balaban J connectivity index is 1.57. The molecule has 0 aromatic heterocycles. The molecule has 2 saturated heterocycles. The van der Waals surface area contributed by atoms with Gasteiger partial charge in [-0.25, -0.2) is 9.29 Å². The first-order chi connectivity index (χ1) is 17.2. The number of aromatic hydroxyl groups is 1. The number of hydrogen-bond donors (Lipinski definition) is 1. The zero-order chi connectivity index (χ0) is 25.5. The Morgan fingerprint density at radius 3 is 2.39 bits per heavy atom. The van der Waals surface area contributed by atoms with Crippen molar-refractivity contribution in [2.24, 2.45) is 29.1 Å². The number of nitrogens with zero attached hydrogens (tertiary/aromatic N) is 2. The van der Waals surface area contributed by atoms with Gasteiger partial charge in [-0.2, -0.15) is 0 Å². The van der Waals surface area contributed by atoms with Crippen LogP contribution in [0.25, 0.3) is 0 Å². The summed E-state index contributed by atoms with van der Waals surface area (Å²) in [7, 11) is 1.47. The monoisotopic (exact) mass is 488 g/mol. The van der Waals surface area contributed by atoms with Crippen LogP contribution in [0.1, 0.15) is 31.2 Å². The fraction of sp³-hybridized carbons (Fsp3) is 0.357. The molecule has 4 aliphatic rings. The minimum atomic E-state index is -1.31. The van der Waals surface area contributed by atoms with Crippen LogP contribution in [0.5, 0.6) is 5.75 Å². The van der Waals surface area contributed by atoms with E-state index >= 15 is 0 Å². The summed E-state index contributed by atoms with van der Waals surface area (Å²) < 4.78 is 14.6. The fourth-order valence-corrected chi connectivity index (χ4v) is 7.10. The molecule has 2 heterocycles. The molecule has 0 radical (unpaired) electrons. The molecule has 4 amide bonds. The van der Waals surface area contributed by atoms with Crippen molar-refractivity contribution < 1.29 is 28.7 Å². The van der Waals surface area contributed by atoms with E-state index in [0.717, 1.165) is 11.0 Å². The second-order valence-corrected chi connectivity index (χ2v) is 10.4. The lowest BCUT2D eigenvalue weighted by molar-refractivity contribution is -0.138. The zero-order valence-corrected chi connectivity index (χ0v) is 19.8. The van der Waals surface area contributed by atoms with E-state index in [-0.39, 0.29) is 29.7 Å². The Morgan fingerprint density at radius 2 is 1.67 bits per heavy atom. The molecule has 36 heavy (non-hydrogen) atoms. The highest BCUT2D eigenvalue weighted by Gasteiger charge is 2.67. The molecule has 6 atom stereocenters. The maximum absolute atomic E-state index is 14.6. The molecule has 0 bridgehead atoms. The lowest BCUT2D eigenvalue weighted by atomic mass is 9.51. The maximum Gasteiger partial charge on any atom is 0.241 e. The molecule has 2 aromatic rings. The minimum absolute atomic E-state index is 0.207. The van der Waals surface area contributed by atoms with Gasteiger partial charge in [0.1, 0.15) is 0 Å². The first-order valence-corrected chi connectivity index (χ1v) is 12.1. The van der Waals surface area contributed by atoms with Crippen LogP contribution in [-0.4, -0.2) is 40.7 Å². The number of hydrogen-bond acceptors (Lipinski definition) is 5. The van der Waals surface area contributed by atoms with Gasteiger partial charge in [0.05, 0.1) is 28.9 Å². The predicted octanol–water partition coefficient (Wildman–Crippen LogP) is 3.39. The Labute approximate surface area is 207 Å². The van der Waals surface area contributed by atoms with Crippen LogP contribution in [0.3, 0.4) is 0 Å². The molecule has 0 spiro atoms. The number of anilines is 1. The molecule has 0 unspecified atom stereocenters. The van der Waals surface area contributed by atoms with Gasteiger partial charge in [0.25, 0.3) is 0 Å². The van der Waals surface area contributed by atoms with E-state index in [4.69, 9.17) is 0 Å². The summed E-state index contributed by atoms with van der Waals surface area (Å²) in [6.45, 7) is 1.70. The van der Waals surface area contributed by atoms with Gasteiger partial charge in [0.2, 0.25) is 23.6 Å². The van der Waals surface area contributed by atoms with E-state index in [0.29, 0.717) is 17.7 Å². The SMILES string of the molecule is CN1C(=O)[C@H]2[C@H](CC=C3[C@H]2C[C@H]2C(=O)N(c4ccccc4)C(=O)[C@@]2(C)[C@H]3c2cccc(F)c2O)C1=O. The van der Waals surface area contributed by atoms with E-state index in [2.05, 4.69) is 0 Å². The average Bonchev–Trinajstić information content (AvgIpc) is 3.21. The lowest BCUT2D eigenvalue weighted by Crippen LogP contribution is -2.48. The van der Waals surface area contributed by atoms with Gasteiger partial charge in [-0.3, -0.25) is 24.1 Å². The highest BCUT2D eigenvalue weighted by atomic mass is 19.1. The van der Waals surface area contributed by atoms with Crippen LogP contribution in [0.4, 0.5) is 10.1 Å². The summed E-state index contributed by atoms with van der Waals surface area (Å²) in [6.07, 6.45) is 2.40. The quantitative estimate of drug-likeness (QED) is 0.517. The number of allylic oxidation sites excluding steroid dienone is 2. The number of imide groups is 2. The van der Waals surface area contributed by atoms with Crippen molar-refractivity contribution in [1.29, 1.82) is 0 Å². The first-order valence-electron chi connectivity index (χ1n) is 12.1. The van der Waals surface area contributed by atoms with Crippen LogP contribution in [0.15, 0.2) is 60.2 Å². The third kappa shape index (κ3) is 2.72. The van der Waals surface area contributed by atoms with Crippen LogP contribution in [0, 0.1) is 34.9 Å². The number of carbonyl (C=O) groups is 4. The third-order valence-electron chi connectivity index (χ3n) is 8.84. The average molecular weight is 489 g/mol. The van der Waals surface area contributed by atoms with E-state index in [1.54, 1.807) is 43.3 Å². The van der Waals surface area contributed by atoms with Gasteiger partial charge in [0, 0.05) is 18.5 Å². The van der Waals surface area contributed by atoms with Crippen LogP contribution in [-0.2, 0) is 19.2 Å². The lowest BCUT2D eigenvalue weighted by Gasteiger charge is -2.49. The van der Waals surface area contributed by atoms with Crippen molar-refractivity contribution in [1.82, 2.24) is 4.90 Å². The number of likely N-dealkylation sites (tertiary alicyclic amines) is 1. The number of phenolic OH excluding ortho intramolecular Hbond substituents is 1. The molecule has 6 rings (SSSR count). The van der Waals surface area contributed by atoms with Crippen LogP contribution >= 0.6 is 0 Å². The number of para-hydroxylation sites is 2. The molecule has 184 valence electrons. The molecule has 7 nitrogen and oxygen atoms in total. The Hall–Kier alpha value is -3.81. The topological polar surface area (TPSA) is 95.0 Å². The number of amides is 4. The van der Waals surface area contributed by atoms with Crippen molar-refractivity contribution >= 4 is 29.3 Å². The Bertz CT molecular complexity index is 1370. The summed E-state index contributed by atoms with van der Waals surface area (Å²) in [5, 5.41) is 10.8. The van der Waals surface area contributed by atoms with Gasteiger partial charge >= 0.3 is 0 Å². The summed E-state index contributed by atoms with van der Waals surface area (Å²) in [4.78, 5) is 56.2. The van der Waals surface area contributed by atoms with E-state index < -0.39 is 52.5 Å². The highest BCUT2D eigenvalue weighted by molar-refractivity contribution is 6.24. The number of fused-ring (bicyclic) bond motifs is 4. The van der Waals surface area contributed by atoms with E-state index in [1.807, 2.05) is 6.08 Å². The number of halogens is 1. The van der Waals surface area contributed by atoms with Crippen molar-refractivity contribution in [3.63, 3.8) is 0 Å². The molecular formula is C28H25FN2O5. The standard InChI is InChI=1S/C28H25FN2O5/c1-28-19(25(34)31(27(28)36)14-7-4-3-5-8-14)13-18-15(22(28)17-9-6-10-20(29)23(17)32)11-12-16-21(18)26(35)30(2)24(16)33/h3-11,16,18-19,21-22,32H,12-13H2,1-2H3/t16-,18+,19-,21-,22+,28+/m0/s1. The van der Waals surface area contributed by atoms with Gasteiger partial charge in [-0.05, 0) is 43.9 Å². The highest BCUT2D eigenvalue weighted by Crippen LogP contribution is 2.64. The zero-order valence-electron chi connectivity index (χ0n) is 19.8. The van der Waals surface area contributed by atoms with Crippen molar-refractivity contribution in [3.05, 3.63) is 71.6 Å². The third-order valence-corrected chi connectivity index (χ3v) is 8.84. The fourth-order valence-electron chi connectivity index (χ4n) is 7.10. The molecule has 3 fully saturated rings. The number of phenols is 1. The molecule has 1 saturated carbocycles.